The molecule has 0 fully saturated rings. The first kappa shape index (κ1) is 12.8. The van der Waals surface area contributed by atoms with Crippen molar-refractivity contribution in [2.24, 2.45) is 0 Å². The van der Waals surface area contributed by atoms with Gasteiger partial charge in [-0.25, -0.2) is 0 Å². The van der Waals surface area contributed by atoms with Crippen molar-refractivity contribution in [3.05, 3.63) is 47.3 Å². The van der Waals surface area contributed by atoms with E-state index in [0.29, 0.717) is 6.54 Å². The van der Waals surface area contributed by atoms with Gasteiger partial charge in [-0.05, 0) is 5.56 Å². The average molecular weight is 259 g/mol. The molecule has 98 valence electrons. The molecule has 3 N–H and O–H groups in total. The van der Waals surface area contributed by atoms with Crippen LogP contribution in [0.3, 0.4) is 0 Å². The van der Waals surface area contributed by atoms with Crippen LogP contribution < -0.4 is 11.1 Å². The Morgan fingerprint density at radius 3 is 2.58 bits per heavy atom. The van der Waals surface area contributed by atoms with Crippen LogP contribution in [-0.4, -0.2) is 16.8 Å². The van der Waals surface area contributed by atoms with Crippen LogP contribution in [0, 0.1) is 0 Å². The van der Waals surface area contributed by atoms with Crippen molar-refractivity contribution >= 4 is 17.4 Å². The Balaban J connectivity index is 2.07. The Hall–Kier alpha value is -2.63. The molecule has 0 spiro atoms. The highest BCUT2D eigenvalue weighted by Crippen LogP contribution is 2.17. The fraction of sp³-hybridized carbons (Fsp3) is 0.154. The van der Waals surface area contributed by atoms with Gasteiger partial charge in [0, 0.05) is 13.5 Å². The third-order valence-electron chi connectivity index (χ3n) is 2.56. The number of nitrogens with one attached hydrogen (secondary N) is 1. The summed E-state index contributed by atoms with van der Waals surface area (Å²) in [6.45, 7) is 1.64. The van der Waals surface area contributed by atoms with Gasteiger partial charge in [-0.1, -0.05) is 35.5 Å². The van der Waals surface area contributed by atoms with Crippen LogP contribution in [-0.2, 0) is 6.54 Å². The number of nitrogens with two attached hydrogens (primary N) is 1. The molecule has 1 aromatic heterocycles. The lowest BCUT2D eigenvalue weighted by atomic mass is 10.2. The van der Waals surface area contributed by atoms with Crippen molar-refractivity contribution in [1.82, 2.24) is 10.5 Å². The fourth-order valence-electron chi connectivity index (χ4n) is 1.58. The van der Waals surface area contributed by atoms with E-state index in [2.05, 4.69) is 10.5 Å². The van der Waals surface area contributed by atoms with Crippen molar-refractivity contribution in [1.29, 1.82) is 0 Å². The summed E-state index contributed by atoms with van der Waals surface area (Å²) in [5.74, 6) is -0.936. The molecule has 1 heterocycles. The normalized spacial score (nSPS) is 10.2. The number of carbonyl (C=O) groups is 2. The van der Waals surface area contributed by atoms with E-state index in [4.69, 9.17) is 10.3 Å². The maximum atomic E-state index is 11.8. The number of anilines is 1. The van der Waals surface area contributed by atoms with E-state index in [1.54, 1.807) is 0 Å². The molecule has 0 saturated carbocycles. The van der Waals surface area contributed by atoms with E-state index in [9.17, 15) is 9.59 Å². The number of carbonyl (C=O) groups excluding carboxylic acids is 2. The predicted octanol–water partition coefficient (Wildman–Crippen LogP) is 1.39. The number of Topliss-reactive ketones (excluding diaryl/α,β-unsaturated/α-hetero) is 1. The number of ketones is 1. The quantitative estimate of drug-likeness (QED) is 0.808. The third-order valence-corrected chi connectivity index (χ3v) is 2.56. The first-order valence-electron chi connectivity index (χ1n) is 5.68. The number of benzene rings is 1. The lowest BCUT2D eigenvalue weighted by molar-refractivity contribution is 0.0935. The van der Waals surface area contributed by atoms with Crippen molar-refractivity contribution in [3.63, 3.8) is 0 Å². The molecule has 0 bridgehead atoms. The maximum Gasteiger partial charge on any atom is 0.275 e. The second kappa shape index (κ2) is 5.34. The average Bonchev–Trinajstić information content (AvgIpc) is 2.79. The molecule has 0 aliphatic carbocycles. The van der Waals surface area contributed by atoms with Crippen molar-refractivity contribution in [2.75, 3.05) is 5.73 Å². The first-order chi connectivity index (χ1) is 9.09. The number of nitrogens with zero attached hydrogens (tertiary/aromatic N) is 1. The molecule has 2 rings (SSSR count). The molecule has 0 aliphatic heterocycles. The first-order valence-corrected chi connectivity index (χ1v) is 5.68. The SMILES string of the molecule is CC(=O)c1onc(C(=O)NCc2ccccc2)c1N. The number of nitrogen functional groups attached to an aromatic ring is 1. The zero-order valence-electron chi connectivity index (χ0n) is 10.3. The smallest absolute Gasteiger partial charge is 0.275 e. The Bertz CT molecular complexity index is 605. The van der Waals surface area contributed by atoms with E-state index in [-0.39, 0.29) is 22.9 Å². The van der Waals surface area contributed by atoms with Crippen molar-refractivity contribution in [3.8, 4) is 0 Å². The van der Waals surface area contributed by atoms with E-state index in [1.165, 1.54) is 6.92 Å². The number of hydrogen-bond donors (Lipinski definition) is 2. The Morgan fingerprint density at radius 2 is 2.00 bits per heavy atom. The summed E-state index contributed by atoms with van der Waals surface area (Å²) in [5, 5.41) is 6.17. The Kier molecular flexibility index (Phi) is 3.61. The minimum Gasteiger partial charge on any atom is -0.393 e. The number of aromatic nitrogens is 1. The second-order valence-corrected chi connectivity index (χ2v) is 4.00. The Morgan fingerprint density at radius 1 is 1.32 bits per heavy atom. The van der Waals surface area contributed by atoms with E-state index < -0.39 is 5.91 Å². The third kappa shape index (κ3) is 2.79. The van der Waals surface area contributed by atoms with E-state index in [0.717, 1.165) is 5.56 Å². The molecule has 2 aromatic rings. The molecule has 0 aliphatic rings. The van der Waals surface area contributed by atoms with Crippen LogP contribution >= 0.6 is 0 Å². The second-order valence-electron chi connectivity index (χ2n) is 4.00. The highest BCUT2D eigenvalue weighted by Gasteiger charge is 2.21. The summed E-state index contributed by atoms with van der Waals surface area (Å²) in [6.07, 6.45) is 0. The van der Waals surface area contributed by atoms with Gasteiger partial charge in [-0.15, -0.1) is 0 Å². The largest absolute Gasteiger partial charge is 0.393 e. The molecule has 6 nitrogen and oxygen atoms in total. The van der Waals surface area contributed by atoms with Gasteiger partial charge in [0.05, 0.1) is 0 Å². The highest BCUT2D eigenvalue weighted by molar-refractivity contribution is 6.04. The summed E-state index contributed by atoms with van der Waals surface area (Å²) in [7, 11) is 0. The minimum absolute atomic E-state index is 0.0296. The molecule has 1 aromatic carbocycles. The van der Waals surface area contributed by atoms with Crippen LogP contribution in [0.1, 0.15) is 33.5 Å². The number of rotatable bonds is 4. The van der Waals surface area contributed by atoms with Crippen molar-refractivity contribution < 1.29 is 14.1 Å². The Labute approximate surface area is 109 Å². The van der Waals surface area contributed by atoms with Gasteiger partial charge in [-0.3, -0.25) is 9.59 Å². The summed E-state index contributed by atoms with van der Waals surface area (Å²) in [5.41, 5.74) is 6.49. The summed E-state index contributed by atoms with van der Waals surface area (Å²) < 4.78 is 4.74. The highest BCUT2D eigenvalue weighted by atomic mass is 16.5. The topological polar surface area (TPSA) is 98.2 Å². The van der Waals surface area contributed by atoms with Gasteiger partial charge < -0.3 is 15.6 Å². The van der Waals surface area contributed by atoms with Gasteiger partial charge in [-0.2, -0.15) is 0 Å². The zero-order valence-corrected chi connectivity index (χ0v) is 10.3. The van der Waals surface area contributed by atoms with Crippen LogP contribution in [0.15, 0.2) is 34.9 Å². The van der Waals surface area contributed by atoms with Crippen LogP contribution in [0.5, 0.6) is 0 Å². The number of hydrogen-bond acceptors (Lipinski definition) is 5. The van der Waals surface area contributed by atoms with Gasteiger partial charge >= 0.3 is 0 Å². The number of amides is 1. The maximum absolute atomic E-state index is 11.8. The van der Waals surface area contributed by atoms with Crippen molar-refractivity contribution in [2.45, 2.75) is 13.5 Å². The van der Waals surface area contributed by atoms with E-state index >= 15 is 0 Å². The van der Waals surface area contributed by atoms with Gasteiger partial charge in [0.1, 0.15) is 5.69 Å². The molecule has 19 heavy (non-hydrogen) atoms. The minimum atomic E-state index is -0.474. The summed E-state index contributed by atoms with van der Waals surface area (Å²) in [4.78, 5) is 23.0. The van der Waals surface area contributed by atoms with Crippen LogP contribution in [0.25, 0.3) is 0 Å². The molecule has 0 atom stereocenters. The van der Waals surface area contributed by atoms with Gasteiger partial charge in [0.2, 0.25) is 5.76 Å². The van der Waals surface area contributed by atoms with Crippen LogP contribution in [0.4, 0.5) is 5.69 Å². The predicted molar refractivity (Wildman–Crippen MR) is 68.5 cm³/mol. The monoisotopic (exact) mass is 259 g/mol. The standard InChI is InChI=1S/C13H13N3O3/c1-8(17)12-10(14)11(16-19-12)13(18)15-7-9-5-3-2-4-6-9/h2-6H,7,14H2,1H3,(H,15,18). The van der Waals surface area contributed by atoms with Crippen LogP contribution in [0.2, 0.25) is 0 Å². The molecular formula is C13H13N3O3. The lowest BCUT2D eigenvalue weighted by Gasteiger charge is -2.03. The summed E-state index contributed by atoms with van der Waals surface area (Å²) >= 11 is 0. The molecule has 0 saturated heterocycles. The van der Waals surface area contributed by atoms with Gasteiger partial charge in [0.25, 0.3) is 5.91 Å². The molecular weight excluding hydrogens is 246 g/mol. The molecule has 1 amide bonds. The fourth-order valence-corrected chi connectivity index (χ4v) is 1.58. The molecule has 0 radical (unpaired) electrons. The summed E-state index contributed by atoms with van der Waals surface area (Å²) in [6, 6.07) is 9.40. The zero-order chi connectivity index (χ0) is 13.8. The molecule has 0 unspecified atom stereocenters. The molecule has 6 heteroatoms. The lowest BCUT2D eigenvalue weighted by Crippen LogP contribution is -2.24. The van der Waals surface area contributed by atoms with Gasteiger partial charge in [0.15, 0.2) is 11.5 Å². The van der Waals surface area contributed by atoms with E-state index in [1.807, 2.05) is 30.3 Å².